The fourth-order valence-corrected chi connectivity index (χ4v) is 5.46. The van der Waals surface area contributed by atoms with Crippen LogP contribution in [0.3, 0.4) is 0 Å². The summed E-state index contributed by atoms with van der Waals surface area (Å²) >= 11 is 5.30. The largest absolute Gasteiger partial charge is 0.0859 e. The molecule has 0 radical (unpaired) electrons. The van der Waals surface area contributed by atoms with E-state index in [1.807, 2.05) is 0 Å². The van der Waals surface area contributed by atoms with Crippen molar-refractivity contribution in [3.05, 3.63) is 0 Å². The Morgan fingerprint density at radius 3 is 2.00 bits per heavy atom. The zero-order valence-corrected chi connectivity index (χ0v) is 10.9. The van der Waals surface area contributed by atoms with Crippen molar-refractivity contribution in [3.8, 4) is 11.3 Å². The van der Waals surface area contributed by atoms with Crippen LogP contribution in [-0.4, -0.2) is 8.07 Å². The van der Waals surface area contributed by atoms with Gasteiger partial charge in [0, 0.05) is 11.8 Å². The van der Waals surface area contributed by atoms with Gasteiger partial charge in [-0.1, -0.05) is 50.9 Å². The molecule has 0 aliphatic heterocycles. The zero-order chi connectivity index (χ0) is 10.2. The molecular weight excluding hydrogens is 196 g/mol. The number of halogens is 1. The normalized spacial score (nSPS) is 10.8. The van der Waals surface area contributed by atoms with Crippen LogP contribution in [-0.2, 0) is 0 Å². The van der Waals surface area contributed by atoms with Crippen LogP contribution < -0.4 is 0 Å². The third kappa shape index (κ3) is 4.74. The van der Waals surface area contributed by atoms with Crippen molar-refractivity contribution in [1.82, 2.24) is 0 Å². The molecule has 2 heteroatoms. The van der Waals surface area contributed by atoms with Crippen molar-refractivity contribution in [1.29, 1.82) is 0 Å². The standard InChI is InChI=1S/C11H21ClSi/c1-4-13(5-2,6-3)11-9-7-8-10-12/h4-7,9,11H2,1-3H3. The lowest BCUT2D eigenvalue weighted by atomic mass is 10.4. The van der Waals surface area contributed by atoms with E-state index in [2.05, 4.69) is 32.1 Å². The Labute approximate surface area is 89.1 Å². The molecule has 0 aliphatic rings. The van der Waals surface area contributed by atoms with E-state index >= 15 is 0 Å². The van der Waals surface area contributed by atoms with Gasteiger partial charge in [0.1, 0.15) is 0 Å². The van der Waals surface area contributed by atoms with Crippen LogP contribution >= 0.6 is 11.6 Å². The van der Waals surface area contributed by atoms with Crippen LogP contribution in [0.4, 0.5) is 0 Å². The lowest BCUT2D eigenvalue weighted by Gasteiger charge is -2.27. The van der Waals surface area contributed by atoms with E-state index < -0.39 is 8.07 Å². The molecule has 0 saturated carbocycles. The Balaban J connectivity index is 3.85. The highest BCUT2D eigenvalue weighted by Gasteiger charge is 2.25. The van der Waals surface area contributed by atoms with Crippen molar-refractivity contribution in [2.75, 3.05) is 0 Å². The van der Waals surface area contributed by atoms with Crippen LogP contribution in [0.15, 0.2) is 0 Å². The van der Waals surface area contributed by atoms with Gasteiger partial charge >= 0.3 is 0 Å². The van der Waals surface area contributed by atoms with Crippen LogP contribution in [0.25, 0.3) is 0 Å². The van der Waals surface area contributed by atoms with Gasteiger partial charge in [-0.3, -0.25) is 0 Å². The molecule has 0 nitrogen and oxygen atoms in total. The minimum Gasteiger partial charge on any atom is -0.0859 e. The summed E-state index contributed by atoms with van der Waals surface area (Å²) in [6.45, 7) is 7.06. The van der Waals surface area contributed by atoms with E-state index in [0.29, 0.717) is 0 Å². The summed E-state index contributed by atoms with van der Waals surface area (Å²) in [5.41, 5.74) is 0. The predicted octanol–water partition coefficient (Wildman–Crippen LogP) is 4.47. The molecule has 0 aromatic rings. The maximum atomic E-state index is 5.30. The van der Waals surface area contributed by atoms with Gasteiger partial charge in [-0.25, -0.2) is 0 Å². The Morgan fingerprint density at radius 2 is 1.62 bits per heavy atom. The second-order valence-electron chi connectivity index (χ2n) is 3.69. The van der Waals surface area contributed by atoms with Gasteiger partial charge in [0.25, 0.3) is 0 Å². The van der Waals surface area contributed by atoms with E-state index in [1.165, 1.54) is 30.6 Å². The highest BCUT2D eigenvalue weighted by molar-refractivity contribution is 6.79. The molecule has 0 aliphatic carbocycles. The fraction of sp³-hybridized carbons (Fsp3) is 0.818. The summed E-state index contributed by atoms with van der Waals surface area (Å²) < 4.78 is 0. The topological polar surface area (TPSA) is 0 Å². The molecule has 0 saturated heterocycles. The molecule has 0 bridgehead atoms. The van der Waals surface area contributed by atoms with E-state index in [9.17, 15) is 0 Å². The first kappa shape index (κ1) is 13.1. The Morgan fingerprint density at radius 1 is 1.08 bits per heavy atom. The summed E-state index contributed by atoms with van der Waals surface area (Å²) in [7, 11) is -0.878. The van der Waals surface area contributed by atoms with E-state index in [4.69, 9.17) is 11.6 Å². The minimum atomic E-state index is -0.878. The lowest BCUT2D eigenvalue weighted by molar-refractivity contribution is 0.926. The van der Waals surface area contributed by atoms with Gasteiger partial charge in [-0.15, -0.1) is 0 Å². The Hall–Kier alpha value is 0.0669. The molecule has 13 heavy (non-hydrogen) atoms. The van der Waals surface area contributed by atoms with Gasteiger partial charge in [-0.05, 0) is 18.0 Å². The molecule has 0 fully saturated rings. The summed E-state index contributed by atoms with van der Waals surface area (Å²) in [4.78, 5) is 0. The van der Waals surface area contributed by atoms with Gasteiger partial charge in [0.15, 0.2) is 0 Å². The quantitative estimate of drug-likeness (QED) is 0.349. The van der Waals surface area contributed by atoms with Gasteiger partial charge in [-0.2, -0.15) is 0 Å². The second kappa shape index (κ2) is 7.47. The zero-order valence-electron chi connectivity index (χ0n) is 9.12. The molecule has 0 aromatic carbocycles. The third-order valence-corrected chi connectivity index (χ3v) is 9.37. The molecule has 0 N–H and O–H groups in total. The minimum absolute atomic E-state index is 0.878. The van der Waals surface area contributed by atoms with E-state index in [1.54, 1.807) is 0 Å². The molecule has 0 amide bonds. The molecule has 0 spiro atoms. The van der Waals surface area contributed by atoms with Gasteiger partial charge < -0.3 is 0 Å². The molecule has 0 aromatic heterocycles. The first-order valence-corrected chi connectivity index (χ1v) is 8.53. The lowest BCUT2D eigenvalue weighted by Crippen LogP contribution is -2.30. The highest BCUT2D eigenvalue weighted by atomic mass is 35.5. The molecule has 76 valence electrons. The molecule has 0 atom stereocenters. The van der Waals surface area contributed by atoms with Gasteiger partial charge in [0.2, 0.25) is 0 Å². The van der Waals surface area contributed by atoms with Crippen molar-refractivity contribution in [2.24, 2.45) is 0 Å². The third-order valence-electron chi connectivity index (χ3n) is 3.33. The summed E-state index contributed by atoms with van der Waals surface area (Å²) in [6.07, 6.45) is 2.24. The average Bonchev–Trinajstić information content (AvgIpc) is 2.20. The summed E-state index contributed by atoms with van der Waals surface area (Å²) in [5.74, 6) is 2.93. The second-order valence-corrected chi connectivity index (χ2v) is 9.50. The molecule has 0 unspecified atom stereocenters. The highest BCUT2D eigenvalue weighted by Crippen LogP contribution is 2.26. The van der Waals surface area contributed by atoms with Crippen LogP contribution in [0, 0.1) is 11.3 Å². The Bertz CT molecular complexity index is 166. The van der Waals surface area contributed by atoms with Crippen molar-refractivity contribution >= 4 is 19.7 Å². The predicted molar refractivity (Wildman–Crippen MR) is 64.9 cm³/mol. The van der Waals surface area contributed by atoms with E-state index in [0.717, 1.165) is 6.42 Å². The van der Waals surface area contributed by atoms with Crippen LogP contribution in [0.2, 0.25) is 24.2 Å². The maximum absolute atomic E-state index is 5.30. The fourth-order valence-electron chi connectivity index (χ4n) is 1.88. The first-order valence-electron chi connectivity index (χ1n) is 5.33. The SMILES string of the molecule is CC[Si](CC)(CC)CCCC#CCl. The van der Waals surface area contributed by atoms with Crippen LogP contribution in [0.1, 0.15) is 33.6 Å². The molecular formula is C11H21ClSi. The summed E-state index contributed by atoms with van der Waals surface area (Å²) in [6, 6.07) is 5.71. The number of rotatable bonds is 6. The Kier molecular flexibility index (Phi) is 7.51. The summed E-state index contributed by atoms with van der Waals surface area (Å²) in [5, 5.41) is 2.45. The van der Waals surface area contributed by atoms with Crippen molar-refractivity contribution in [2.45, 2.75) is 57.8 Å². The molecule has 0 rings (SSSR count). The van der Waals surface area contributed by atoms with Crippen molar-refractivity contribution in [3.63, 3.8) is 0 Å². The number of unbranched alkanes of at least 4 members (excludes halogenated alkanes) is 1. The smallest absolute Gasteiger partial charge is 0.0528 e. The monoisotopic (exact) mass is 216 g/mol. The number of hydrogen-bond donors (Lipinski definition) is 0. The number of hydrogen-bond acceptors (Lipinski definition) is 0. The maximum Gasteiger partial charge on any atom is 0.0528 e. The van der Waals surface area contributed by atoms with Crippen molar-refractivity contribution < 1.29 is 0 Å². The average molecular weight is 217 g/mol. The first-order chi connectivity index (χ1) is 6.24. The van der Waals surface area contributed by atoms with Gasteiger partial charge in [0.05, 0.1) is 8.07 Å². The van der Waals surface area contributed by atoms with E-state index in [-0.39, 0.29) is 0 Å². The molecule has 0 heterocycles. The van der Waals surface area contributed by atoms with Crippen LogP contribution in [0.5, 0.6) is 0 Å².